The Kier molecular flexibility index (Phi) is 18.6. The second-order valence-electron chi connectivity index (χ2n) is 15.4. The lowest BCUT2D eigenvalue weighted by Gasteiger charge is -2.46. The quantitative estimate of drug-likeness (QED) is 0.0870. The van der Waals surface area contributed by atoms with Gasteiger partial charge >= 0.3 is 17.9 Å². The number of methoxy groups -OCH3 is 1. The highest BCUT2D eigenvalue weighted by Gasteiger charge is 2.40. The highest BCUT2D eigenvalue weighted by atomic mass is 16.6. The van der Waals surface area contributed by atoms with Crippen LogP contribution in [0.2, 0.25) is 0 Å². The molecule has 2 aromatic rings. The number of hydrogen-bond acceptors (Lipinski definition) is 11. The first-order valence-electron chi connectivity index (χ1n) is 19.6. The maximum absolute atomic E-state index is 13.0. The third kappa shape index (κ3) is 13.4. The highest BCUT2D eigenvalue weighted by molar-refractivity contribution is 6.11. The van der Waals surface area contributed by atoms with E-state index in [-0.39, 0.29) is 32.5 Å². The first-order valence-corrected chi connectivity index (χ1v) is 19.6. The monoisotopic (exact) mass is 756 g/mol. The van der Waals surface area contributed by atoms with Gasteiger partial charge in [-0.3, -0.25) is 0 Å². The number of benzene rings is 2. The van der Waals surface area contributed by atoms with Crippen molar-refractivity contribution in [2.24, 2.45) is 17.3 Å². The molecule has 11 heteroatoms. The molecule has 2 aromatic carbocycles. The predicted molar refractivity (Wildman–Crippen MR) is 207 cm³/mol. The fourth-order valence-corrected chi connectivity index (χ4v) is 7.33. The first kappa shape index (κ1) is 45.0. The van der Waals surface area contributed by atoms with Gasteiger partial charge in [0.1, 0.15) is 25.9 Å². The zero-order chi connectivity index (χ0) is 39.8. The van der Waals surface area contributed by atoms with Gasteiger partial charge in [-0.1, -0.05) is 58.5 Å². The van der Waals surface area contributed by atoms with Crippen molar-refractivity contribution in [3.05, 3.63) is 59.7 Å². The molecule has 0 aromatic heterocycles. The van der Waals surface area contributed by atoms with Crippen molar-refractivity contribution in [1.29, 1.82) is 0 Å². The van der Waals surface area contributed by atoms with Crippen LogP contribution in [0.3, 0.4) is 0 Å². The van der Waals surface area contributed by atoms with Crippen LogP contribution in [-0.4, -0.2) is 97.3 Å². The minimum Gasteiger partial charge on any atom is -0.460 e. The van der Waals surface area contributed by atoms with Gasteiger partial charge in [-0.25, -0.2) is 14.4 Å². The van der Waals surface area contributed by atoms with Crippen molar-refractivity contribution in [2.75, 3.05) is 33.5 Å². The fourth-order valence-electron chi connectivity index (χ4n) is 7.33. The summed E-state index contributed by atoms with van der Waals surface area (Å²) >= 11 is 0. The van der Waals surface area contributed by atoms with E-state index in [2.05, 4.69) is 25.2 Å². The summed E-state index contributed by atoms with van der Waals surface area (Å²) in [5.74, 6) is -0.188. The van der Waals surface area contributed by atoms with Crippen LogP contribution in [0.1, 0.15) is 120 Å². The summed E-state index contributed by atoms with van der Waals surface area (Å²) in [7, 11) is 1.82. The van der Waals surface area contributed by atoms with Crippen molar-refractivity contribution >= 4 is 28.7 Å². The predicted octanol–water partition coefficient (Wildman–Crippen LogP) is 6.97. The number of ether oxygens (including phenoxy) is 5. The molecule has 0 saturated heterocycles. The zero-order valence-electron chi connectivity index (χ0n) is 33.2. The Morgan fingerprint density at radius 1 is 0.685 bits per heavy atom. The molecule has 11 nitrogen and oxygen atoms in total. The lowest BCUT2D eigenvalue weighted by Crippen LogP contribution is -2.39. The molecule has 302 valence electrons. The summed E-state index contributed by atoms with van der Waals surface area (Å²) in [5, 5.41) is 30.3. The Morgan fingerprint density at radius 3 is 1.54 bits per heavy atom. The molecule has 0 aliphatic heterocycles. The number of hydrogen-bond donors (Lipinski definition) is 3. The minimum absolute atomic E-state index is 0.0577. The van der Waals surface area contributed by atoms with Gasteiger partial charge in [0.05, 0.1) is 42.1 Å². The van der Waals surface area contributed by atoms with E-state index < -0.39 is 36.2 Å². The molecular weight excluding hydrogens is 692 g/mol. The Hall–Kier alpha value is -3.35. The van der Waals surface area contributed by atoms with Crippen LogP contribution in [0, 0.1) is 17.3 Å². The van der Waals surface area contributed by atoms with Crippen LogP contribution < -0.4 is 0 Å². The van der Waals surface area contributed by atoms with Crippen LogP contribution in [0.4, 0.5) is 0 Å². The molecule has 2 aliphatic rings. The Balaban J connectivity index is 0.000000618. The van der Waals surface area contributed by atoms with Gasteiger partial charge in [0, 0.05) is 12.7 Å². The number of rotatable bonds is 17. The number of carbonyl (C=O) groups excluding carboxylic acids is 3. The maximum Gasteiger partial charge on any atom is 0.338 e. The summed E-state index contributed by atoms with van der Waals surface area (Å²) in [6.07, 6.45) is 8.39. The molecule has 2 aliphatic carbocycles. The normalized spacial score (nSPS) is 21.9. The van der Waals surface area contributed by atoms with E-state index in [0.717, 1.165) is 44.4 Å². The van der Waals surface area contributed by atoms with E-state index in [4.69, 9.17) is 24.1 Å². The number of aliphatic hydroxyl groups excluding tert-OH is 3. The molecule has 0 radical (unpaired) electrons. The summed E-state index contributed by atoms with van der Waals surface area (Å²) in [6, 6.07) is 10.1. The summed E-state index contributed by atoms with van der Waals surface area (Å²) in [4.78, 5) is 36.3. The van der Waals surface area contributed by atoms with Gasteiger partial charge in [0.25, 0.3) is 0 Å². The maximum atomic E-state index is 13.0. The zero-order valence-corrected chi connectivity index (χ0v) is 33.2. The van der Waals surface area contributed by atoms with Crippen molar-refractivity contribution in [1.82, 2.24) is 0 Å². The van der Waals surface area contributed by atoms with Crippen LogP contribution in [-0.2, 0) is 28.5 Å². The SMILES string of the molecule is C=C(C)C(=O)OCC(O)CC.CCC(O)COC(=O)c1ccc(C(=O)OCC(O)COC2CCC(C(C)(C)C3CCC(OC)CC3)CC2)c2ccccc12. The van der Waals surface area contributed by atoms with Crippen LogP contribution in [0.15, 0.2) is 48.6 Å². The average Bonchev–Trinajstić information content (AvgIpc) is 3.19. The van der Waals surface area contributed by atoms with Gasteiger partial charge in [-0.05, 0) is 111 Å². The first-order chi connectivity index (χ1) is 25.7. The largest absolute Gasteiger partial charge is 0.460 e. The third-order valence-electron chi connectivity index (χ3n) is 11.2. The molecular formula is C43H64O11. The third-order valence-corrected chi connectivity index (χ3v) is 11.2. The van der Waals surface area contributed by atoms with Crippen LogP contribution in [0.25, 0.3) is 10.8 Å². The molecule has 0 heterocycles. The van der Waals surface area contributed by atoms with E-state index >= 15 is 0 Å². The van der Waals surface area contributed by atoms with E-state index in [1.165, 1.54) is 25.0 Å². The van der Waals surface area contributed by atoms with Crippen LogP contribution in [0.5, 0.6) is 0 Å². The van der Waals surface area contributed by atoms with E-state index in [9.17, 15) is 24.6 Å². The molecule has 3 unspecified atom stereocenters. The van der Waals surface area contributed by atoms with Gasteiger partial charge in [0.2, 0.25) is 0 Å². The van der Waals surface area contributed by atoms with Crippen molar-refractivity contribution in [2.45, 2.75) is 129 Å². The number of fused-ring (bicyclic) bond motifs is 1. The average molecular weight is 757 g/mol. The molecule has 3 atom stereocenters. The lowest BCUT2D eigenvalue weighted by molar-refractivity contribution is -0.141. The summed E-state index contributed by atoms with van der Waals surface area (Å²) in [6.45, 7) is 13.4. The standard InChI is InChI=1S/C35H50O8.C8H14O3/c1-5-25(36)20-42-33(38)31-18-19-32(30-9-7-6-8-29(30)31)34(39)43-22-26(37)21-41-28-16-12-24(13-17-28)35(2,3)23-10-14-27(40-4)15-11-23;1-4-7(9)5-11-8(10)6(2)3/h6-9,18-19,23-28,36-37H,5,10-17,20-22H2,1-4H3;7,9H,2,4-5H2,1,3H3. The lowest BCUT2D eigenvalue weighted by atomic mass is 9.60. The molecule has 54 heavy (non-hydrogen) atoms. The molecule has 3 N–H and O–H groups in total. The van der Waals surface area contributed by atoms with Gasteiger partial charge < -0.3 is 39.0 Å². The Bertz CT molecular complexity index is 1490. The Labute approximate surface area is 321 Å². The van der Waals surface area contributed by atoms with Gasteiger partial charge in [-0.15, -0.1) is 0 Å². The molecule has 4 rings (SSSR count). The number of carbonyl (C=O) groups is 3. The van der Waals surface area contributed by atoms with Gasteiger partial charge in [-0.2, -0.15) is 0 Å². The summed E-state index contributed by atoms with van der Waals surface area (Å²) < 4.78 is 27.0. The fraction of sp³-hybridized carbons (Fsp3) is 0.651. The number of aliphatic hydroxyl groups is 3. The number of esters is 3. The van der Waals surface area contributed by atoms with Crippen LogP contribution >= 0.6 is 0 Å². The smallest absolute Gasteiger partial charge is 0.338 e. The van der Waals surface area contributed by atoms with E-state index in [1.807, 2.05) is 14.0 Å². The summed E-state index contributed by atoms with van der Waals surface area (Å²) in [5.41, 5.74) is 1.26. The molecule has 2 fully saturated rings. The highest BCUT2D eigenvalue weighted by Crippen LogP contribution is 2.48. The topological polar surface area (TPSA) is 158 Å². The molecule has 0 amide bonds. The van der Waals surface area contributed by atoms with Gasteiger partial charge in [0.15, 0.2) is 0 Å². The molecule has 0 spiro atoms. The Morgan fingerprint density at radius 2 is 1.11 bits per heavy atom. The van der Waals surface area contributed by atoms with Crippen molar-refractivity contribution < 1.29 is 53.4 Å². The second kappa shape index (κ2) is 22.3. The minimum atomic E-state index is -0.931. The van der Waals surface area contributed by atoms with E-state index in [1.54, 1.807) is 38.1 Å². The second-order valence-corrected chi connectivity index (χ2v) is 15.4. The van der Waals surface area contributed by atoms with Crippen molar-refractivity contribution in [3.8, 4) is 0 Å². The molecule has 2 saturated carbocycles. The van der Waals surface area contributed by atoms with E-state index in [0.29, 0.717) is 57.8 Å². The van der Waals surface area contributed by atoms with Crippen molar-refractivity contribution in [3.63, 3.8) is 0 Å². The molecule has 0 bridgehead atoms.